The highest BCUT2D eigenvalue weighted by molar-refractivity contribution is 5.83. The molecule has 4 aliphatic carbocycles. The molecule has 4 fully saturated rings. The molecule has 7 heteroatoms. The van der Waals surface area contributed by atoms with Crippen molar-refractivity contribution in [3.8, 4) is 0 Å². The molecule has 4 saturated carbocycles. The highest BCUT2D eigenvalue weighted by Gasteiger charge is 2.65. The van der Waals surface area contributed by atoms with E-state index in [-0.39, 0.29) is 65.0 Å². The van der Waals surface area contributed by atoms with Gasteiger partial charge in [-0.1, -0.05) is 20.8 Å². The van der Waals surface area contributed by atoms with Crippen LogP contribution in [0.3, 0.4) is 0 Å². The van der Waals surface area contributed by atoms with Gasteiger partial charge in [0, 0.05) is 6.42 Å². The van der Waals surface area contributed by atoms with Crippen molar-refractivity contribution in [3.63, 3.8) is 0 Å². The van der Waals surface area contributed by atoms with E-state index in [4.69, 9.17) is 5.11 Å². The number of aliphatic hydroxyl groups is 3. The Morgan fingerprint density at radius 3 is 2.38 bits per heavy atom. The summed E-state index contributed by atoms with van der Waals surface area (Å²) in [7, 11) is 0. The third kappa shape index (κ3) is 4.20. The fourth-order valence-corrected chi connectivity index (χ4v) is 9.07. The van der Waals surface area contributed by atoms with E-state index in [1.807, 2.05) is 0 Å². The number of hydrogen-bond acceptors (Lipinski definition) is 5. The van der Waals surface area contributed by atoms with Crippen molar-refractivity contribution in [2.45, 2.75) is 110 Å². The minimum absolute atomic E-state index is 0.0636. The highest BCUT2D eigenvalue weighted by atomic mass is 16.4. The number of aliphatic hydroxyl groups excluding tert-OH is 3. The van der Waals surface area contributed by atoms with Crippen LogP contribution in [-0.4, -0.2) is 56.7 Å². The van der Waals surface area contributed by atoms with Crippen LogP contribution in [0.4, 0.5) is 0 Å². The van der Waals surface area contributed by atoms with Crippen molar-refractivity contribution < 1.29 is 30.0 Å². The van der Waals surface area contributed by atoms with E-state index >= 15 is 0 Å². The zero-order valence-electron chi connectivity index (χ0n) is 21.2. The Balaban J connectivity index is 1.48. The van der Waals surface area contributed by atoms with Crippen molar-refractivity contribution in [3.05, 3.63) is 0 Å². The lowest BCUT2D eigenvalue weighted by atomic mass is 9.43. The maximum absolute atomic E-state index is 12.3. The summed E-state index contributed by atoms with van der Waals surface area (Å²) < 4.78 is 0. The molecule has 0 radical (unpaired) electrons. The number of amides is 1. The van der Waals surface area contributed by atoms with Gasteiger partial charge >= 0.3 is 5.97 Å². The minimum atomic E-state index is -1.04. The Kier molecular flexibility index (Phi) is 7.13. The highest BCUT2D eigenvalue weighted by Crippen LogP contribution is 2.68. The average molecular weight is 480 g/mol. The molecule has 7 nitrogen and oxygen atoms in total. The first-order valence-corrected chi connectivity index (χ1v) is 13.5. The molecule has 1 amide bonds. The summed E-state index contributed by atoms with van der Waals surface area (Å²) in [6.45, 7) is 8.18. The van der Waals surface area contributed by atoms with Gasteiger partial charge in [0.05, 0.1) is 18.3 Å². The summed E-state index contributed by atoms with van der Waals surface area (Å²) in [6, 6.07) is -0.896. The van der Waals surface area contributed by atoms with Gasteiger partial charge in [-0.2, -0.15) is 0 Å². The summed E-state index contributed by atoms with van der Waals surface area (Å²) in [5.74, 6) is 0.237. The van der Waals surface area contributed by atoms with Crippen LogP contribution in [0, 0.1) is 46.3 Å². The molecular formula is C27H45NO6. The van der Waals surface area contributed by atoms with Crippen LogP contribution in [0.1, 0.15) is 85.5 Å². The summed E-state index contributed by atoms with van der Waals surface area (Å²) in [5.41, 5.74) is -0.224. The number of nitrogens with one attached hydrogen (secondary N) is 1. The number of carbonyl (C=O) groups excluding carboxylic acids is 1. The van der Waals surface area contributed by atoms with Gasteiger partial charge in [-0.25, -0.2) is 0 Å². The molecule has 0 aromatic rings. The second-order valence-electron chi connectivity index (χ2n) is 12.7. The summed E-state index contributed by atoms with van der Waals surface area (Å²) in [5, 5.41) is 44.8. The Bertz CT molecular complexity index is 789. The van der Waals surface area contributed by atoms with Crippen LogP contribution in [-0.2, 0) is 9.59 Å². The molecule has 0 saturated heterocycles. The van der Waals surface area contributed by atoms with Crippen molar-refractivity contribution in [2.75, 3.05) is 0 Å². The lowest BCUT2D eigenvalue weighted by Gasteiger charge is -2.63. The van der Waals surface area contributed by atoms with Crippen molar-refractivity contribution in [1.82, 2.24) is 5.32 Å². The van der Waals surface area contributed by atoms with E-state index < -0.39 is 18.1 Å². The summed E-state index contributed by atoms with van der Waals surface area (Å²) in [6.07, 6.45) is 5.82. The first kappa shape index (κ1) is 25.9. The zero-order chi connectivity index (χ0) is 25.0. The molecule has 0 aliphatic heterocycles. The molecule has 12 atom stereocenters. The molecule has 0 aromatic carbocycles. The SMILES string of the molecule is CC(NC(=O)CCC(C)C1CCC2C3C(O)CC4CC(O)CCC4(C)C3CC(O)C12C)C(=O)O. The normalized spacial score (nSPS) is 47.6. The predicted molar refractivity (Wildman–Crippen MR) is 128 cm³/mol. The fraction of sp³-hybridized carbons (Fsp3) is 0.926. The number of fused-ring (bicyclic) bond motifs is 5. The zero-order valence-corrected chi connectivity index (χ0v) is 21.2. The van der Waals surface area contributed by atoms with Crippen LogP contribution in [0.15, 0.2) is 0 Å². The standard InChI is InChI=1S/C27H45NO6/c1-14(5-8-23(32)28-15(2)25(33)34)18-6-7-19-24-20(13-22(31)27(18,19)4)26(3)10-9-17(29)11-16(26)12-21(24)30/h14-22,24,29-31H,5-13H2,1-4H3,(H,28,32)(H,33,34). The molecule has 4 rings (SSSR count). The van der Waals surface area contributed by atoms with Crippen molar-refractivity contribution in [1.29, 1.82) is 0 Å². The van der Waals surface area contributed by atoms with Gasteiger partial charge < -0.3 is 25.7 Å². The maximum atomic E-state index is 12.3. The van der Waals surface area contributed by atoms with E-state index in [0.29, 0.717) is 18.8 Å². The number of carbonyl (C=O) groups is 2. The molecule has 0 bridgehead atoms. The van der Waals surface area contributed by atoms with Gasteiger partial charge in [0.15, 0.2) is 0 Å². The van der Waals surface area contributed by atoms with Gasteiger partial charge in [-0.15, -0.1) is 0 Å². The third-order valence-electron chi connectivity index (χ3n) is 11.1. The molecule has 34 heavy (non-hydrogen) atoms. The Morgan fingerprint density at radius 1 is 1.00 bits per heavy atom. The Morgan fingerprint density at radius 2 is 1.71 bits per heavy atom. The number of carboxylic acids is 1. The first-order chi connectivity index (χ1) is 15.9. The quantitative estimate of drug-likeness (QED) is 0.399. The molecule has 5 N–H and O–H groups in total. The van der Waals surface area contributed by atoms with Gasteiger partial charge in [-0.3, -0.25) is 9.59 Å². The van der Waals surface area contributed by atoms with E-state index in [9.17, 15) is 24.9 Å². The predicted octanol–water partition coefficient (Wildman–Crippen LogP) is 2.95. The molecule has 0 heterocycles. The largest absolute Gasteiger partial charge is 0.480 e. The average Bonchev–Trinajstić information content (AvgIpc) is 3.12. The van der Waals surface area contributed by atoms with Crippen LogP contribution in [0.2, 0.25) is 0 Å². The van der Waals surface area contributed by atoms with Crippen LogP contribution in [0.25, 0.3) is 0 Å². The van der Waals surface area contributed by atoms with E-state index in [0.717, 1.165) is 38.5 Å². The van der Waals surface area contributed by atoms with Crippen LogP contribution < -0.4 is 5.32 Å². The molecular weight excluding hydrogens is 434 g/mol. The monoisotopic (exact) mass is 479 g/mol. The number of hydrogen-bond donors (Lipinski definition) is 5. The van der Waals surface area contributed by atoms with E-state index in [2.05, 4.69) is 26.1 Å². The topological polar surface area (TPSA) is 127 Å². The lowest BCUT2D eigenvalue weighted by Crippen LogP contribution is -2.62. The second kappa shape index (κ2) is 9.36. The Labute approximate surface area is 203 Å². The molecule has 4 aliphatic rings. The van der Waals surface area contributed by atoms with Crippen LogP contribution >= 0.6 is 0 Å². The molecule has 0 aromatic heterocycles. The van der Waals surface area contributed by atoms with E-state index in [1.54, 1.807) is 0 Å². The minimum Gasteiger partial charge on any atom is -0.480 e. The smallest absolute Gasteiger partial charge is 0.325 e. The second-order valence-corrected chi connectivity index (χ2v) is 12.7. The van der Waals surface area contributed by atoms with E-state index in [1.165, 1.54) is 6.92 Å². The molecule has 0 spiro atoms. The first-order valence-electron chi connectivity index (χ1n) is 13.5. The number of aliphatic carboxylic acids is 1. The van der Waals surface area contributed by atoms with Crippen molar-refractivity contribution in [2.24, 2.45) is 46.3 Å². The van der Waals surface area contributed by atoms with Crippen molar-refractivity contribution >= 4 is 11.9 Å². The summed E-state index contributed by atoms with van der Waals surface area (Å²) in [4.78, 5) is 23.3. The Hall–Kier alpha value is -1.18. The summed E-state index contributed by atoms with van der Waals surface area (Å²) >= 11 is 0. The van der Waals surface area contributed by atoms with Gasteiger partial charge in [0.1, 0.15) is 6.04 Å². The fourth-order valence-electron chi connectivity index (χ4n) is 9.07. The van der Waals surface area contributed by atoms with Crippen LogP contribution in [0.5, 0.6) is 0 Å². The third-order valence-corrected chi connectivity index (χ3v) is 11.1. The van der Waals surface area contributed by atoms with Gasteiger partial charge in [-0.05, 0) is 105 Å². The van der Waals surface area contributed by atoms with Gasteiger partial charge in [0.2, 0.25) is 5.91 Å². The number of rotatable bonds is 6. The molecule has 12 unspecified atom stereocenters. The number of carboxylic acid groups (broad SMARTS) is 1. The molecule has 194 valence electrons. The maximum Gasteiger partial charge on any atom is 0.325 e. The lowest BCUT2D eigenvalue weighted by molar-refractivity contribution is -0.207. The van der Waals surface area contributed by atoms with Gasteiger partial charge in [0.25, 0.3) is 0 Å².